The van der Waals surface area contributed by atoms with Gasteiger partial charge >= 0.3 is 6.03 Å². The van der Waals surface area contributed by atoms with E-state index >= 15 is 0 Å². The summed E-state index contributed by atoms with van der Waals surface area (Å²) in [4.78, 5) is 15.4. The van der Waals surface area contributed by atoms with Crippen LogP contribution in [0.1, 0.15) is 5.56 Å². The Bertz CT molecular complexity index is 540. The number of imidazole rings is 1. The number of hydrogen-bond acceptors (Lipinski definition) is 2. The Hall–Kier alpha value is -1.52. The van der Waals surface area contributed by atoms with Crippen LogP contribution in [-0.4, -0.2) is 22.1 Å². The standard InChI is InChI=1S/C12H11Cl2N3O/c13-10-2-1-9(7-11(10)14)3-4-16-12(18)17-6-5-15-8-17/h1-2,5-8H,3-4H2,(H,16,18). The van der Waals surface area contributed by atoms with Crippen LogP contribution in [-0.2, 0) is 6.42 Å². The Morgan fingerprint density at radius 1 is 1.33 bits per heavy atom. The van der Waals surface area contributed by atoms with E-state index in [9.17, 15) is 4.79 Å². The van der Waals surface area contributed by atoms with Crippen molar-refractivity contribution in [2.75, 3.05) is 6.54 Å². The van der Waals surface area contributed by atoms with Crippen LogP contribution in [0.25, 0.3) is 0 Å². The molecular formula is C12H11Cl2N3O. The second-order valence-electron chi connectivity index (χ2n) is 3.70. The van der Waals surface area contributed by atoms with Gasteiger partial charge in [-0.15, -0.1) is 0 Å². The van der Waals surface area contributed by atoms with Crippen molar-refractivity contribution >= 4 is 29.2 Å². The van der Waals surface area contributed by atoms with E-state index in [0.717, 1.165) is 5.56 Å². The third-order valence-electron chi connectivity index (χ3n) is 2.41. The molecule has 0 bridgehead atoms. The lowest BCUT2D eigenvalue weighted by molar-refractivity contribution is 0.242. The van der Waals surface area contributed by atoms with Crippen LogP contribution < -0.4 is 5.32 Å². The molecule has 0 saturated carbocycles. The summed E-state index contributed by atoms with van der Waals surface area (Å²) in [6.45, 7) is 0.523. The number of carbonyl (C=O) groups is 1. The van der Waals surface area contributed by atoms with Gasteiger partial charge in [-0.05, 0) is 24.1 Å². The molecule has 0 saturated heterocycles. The van der Waals surface area contributed by atoms with Crippen molar-refractivity contribution in [3.63, 3.8) is 0 Å². The maximum absolute atomic E-state index is 11.6. The first-order valence-electron chi connectivity index (χ1n) is 5.37. The smallest absolute Gasteiger partial charge is 0.326 e. The maximum atomic E-state index is 11.6. The predicted molar refractivity (Wildman–Crippen MR) is 71.2 cm³/mol. The molecule has 0 aliphatic heterocycles. The lowest BCUT2D eigenvalue weighted by Gasteiger charge is -2.06. The minimum absolute atomic E-state index is 0.201. The number of nitrogens with one attached hydrogen (secondary N) is 1. The molecule has 1 aromatic heterocycles. The van der Waals surface area contributed by atoms with Gasteiger partial charge in [-0.3, -0.25) is 4.57 Å². The van der Waals surface area contributed by atoms with Crippen molar-refractivity contribution in [1.29, 1.82) is 0 Å². The molecule has 18 heavy (non-hydrogen) atoms. The summed E-state index contributed by atoms with van der Waals surface area (Å²) in [6.07, 6.45) is 5.29. The molecular weight excluding hydrogens is 273 g/mol. The maximum Gasteiger partial charge on any atom is 0.326 e. The molecule has 0 aliphatic rings. The van der Waals surface area contributed by atoms with Crippen molar-refractivity contribution < 1.29 is 4.79 Å². The van der Waals surface area contributed by atoms with Crippen LogP contribution in [0.15, 0.2) is 36.9 Å². The fourth-order valence-corrected chi connectivity index (χ4v) is 1.80. The van der Waals surface area contributed by atoms with Gasteiger partial charge in [-0.25, -0.2) is 9.78 Å². The second kappa shape index (κ2) is 5.89. The van der Waals surface area contributed by atoms with Gasteiger partial charge in [0.25, 0.3) is 0 Å². The lowest BCUT2D eigenvalue weighted by atomic mass is 10.1. The van der Waals surface area contributed by atoms with Crippen molar-refractivity contribution in [1.82, 2.24) is 14.9 Å². The minimum Gasteiger partial charge on any atom is -0.337 e. The van der Waals surface area contributed by atoms with Gasteiger partial charge in [-0.1, -0.05) is 29.3 Å². The predicted octanol–water partition coefficient (Wildman–Crippen LogP) is 2.99. The number of benzene rings is 1. The van der Waals surface area contributed by atoms with Crippen LogP contribution in [0.5, 0.6) is 0 Å². The molecule has 6 heteroatoms. The summed E-state index contributed by atoms with van der Waals surface area (Å²) in [6, 6.07) is 5.23. The molecule has 0 spiro atoms. The highest BCUT2D eigenvalue weighted by molar-refractivity contribution is 6.42. The van der Waals surface area contributed by atoms with E-state index in [1.54, 1.807) is 24.5 Å². The number of rotatable bonds is 3. The summed E-state index contributed by atoms with van der Waals surface area (Å²) in [5.41, 5.74) is 1.02. The van der Waals surface area contributed by atoms with Crippen LogP contribution in [0.3, 0.4) is 0 Å². The van der Waals surface area contributed by atoms with E-state index in [2.05, 4.69) is 10.3 Å². The van der Waals surface area contributed by atoms with E-state index in [4.69, 9.17) is 23.2 Å². The van der Waals surface area contributed by atoms with E-state index < -0.39 is 0 Å². The van der Waals surface area contributed by atoms with Crippen LogP contribution >= 0.6 is 23.2 Å². The van der Waals surface area contributed by atoms with Gasteiger partial charge < -0.3 is 5.32 Å². The first-order valence-corrected chi connectivity index (χ1v) is 6.12. The zero-order valence-corrected chi connectivity index (χ0v) is 10.9. The Labute approximate surface area is 115 Å². The summed E-state index contributed by atoms with van der Waals surface area (Å²) in [5, 5.41) is 3.83. The molecule has 0 radical (unpaired) electrons. The van der Waals surface area contributed by atoms with Crippen LogP contribution in [0, 0.1) is 0 Å². The number of aromatic nitrogens is 2. The highest BCUT2D eigenvalue weighted by Gasteiger charge is 2.03. The molecule has 4 nitrogen and oxygen atoms in total. The van der Waals surface area contributed by atoms with Crippen molar-refractivity contribution in [3.05, 3.63) is 52.5 Å². The van der Waals surface area contributed by atoms with Gasteiger partial charge in [0.2, 0.25) is 0 Å². The number of carbonyl (C=O) groups excluding carboxylic acids is 1. The van der Waals surface area contributed by atoms with E-state index in [1.165, 1.54) is 10.9 Å². The third kappa shape index (κ3) is 3.24. The molecule has 0 fully saturated rings. The van der Waals surface area contributed by atoms with Gasteiger partial charge in [0.05, 0.1) is 10.0 Å². The molecule has 94 valence electrons. The monoisotopic (exact) mass is 283 g/mol. The Morgan fingerprint density at radius 2 is 2.17 bits per heavy atom. The molecule has 0 aliphatic carbocycles. The van der Waals surface area contributed by atoms with Crippen molar-refractivity contribution in [3.8, 4) is 0 Å². The van der Waals surface area contributed by atoms with Crippen molar-refractivity contribution in [2.45, 2.75) is 6.42 Å². The lowest BCUT2D eigenvalue weighted by Crippen LogP contribution is -2.29. The van der Waals surface area contributed by atoms with Gasteiger partial charge in [0.15, 0.2) is 0 Å². The second-order valence-corrected chi connectivity index (χ2v) is 4.51. The highest BCUT2D eigenvalue weighted by atomic mass is 35.5. The van der Waals surface area contributed by atoms with Crippen LogP contribution in [0.2, 0.25) is 10.0 Å². The van der Waals surface area contributed by atoms with E-state index in [0.29, 0.717) is 23.0 Å². The topological polar surface area (TPSA) is 46.9 Å². The molecule has 1 aromatic carbocycles. The van der Waals surface area contributed by atoms with E-state index in [-0.39, 0.29) is 6.03 Å². The number of amides is 1. The summed E-state index contributed by atoms with van der Waals surface area (Å²) >= 11 is 11.7. The van der Waals surface area contributed by atoms with E-state index in [1.807, 2.05) is 6.07 Å². The molecule has 1 heterocycles. The minimum atomic E-state index is -0.201. The summed E-state index contributed by atoms with van der Waals surface area (Å²) < 4.78 is 1.38. The molecule has 1 amide bonds. The van der Waals surface area contributed by atoms with Gasteiger partial charge in [-0.2, -0.15) is 0 Å². The van der Waals surface area contributed by atoms with Gasteiger partial charge in [0.1, 0.15) is 6.33 Å². The number of nitrogens with zero attached hydrogens (tertiary/aromatic N) is 2. The SMILES string of the molecule is O=C(NCCc1ccc(Cl)c(Cl)c1)n1ccnc1. The number of halogens is 2. The molecule has 1 N–H and O–H groups in total. The average molecular weight is 284 g/mol. The zero-order chi connectivity index (χ0) is 13.0. The Kier molecular flexibility index (Phi) is 4.23. The quantitative estimate of drug-likeness (QED) is 0.941. The largest absolute Gasteiger partial charge is 0.337 e. The molecule has 0 atom stereocenters. The van der Waals surface area contributed by atoms with Crippen LogP contribution in [0.4, 0.5) is 4.79 Å². The summed E-state index contributed by atoms with van der Waals surface area (Å²) in [5.74, 6) is 0. The normalized spacial score (nSPS) is 10.3. The first-order chi connectivity index (χ1) is 8.66. The first kappa shape index (κ1) is 12.9. The zero-order valence-electron chi connectivity index (χ0n) is 9.44. The highest BCUT2D eigenvalue weighted by Crippen LogP contribution is 2.22. The number of hydrogen-bond donors (Lipinski definition) is 1. The van der Waals surface area contributed by atoms with Gasteiger partial charge in [0, 0.05) is 18.9 Å². The average Bonchev–Trinajstić information content (AvgIpc) is 2.87. The molecule has 0 unspecified atom stereocenters. The molecule has 2 aromatic rings. The fraction of sp³-hybridized carbons (Fsp3) is 0.167. The Balaban J connectivity index is 1.85. The third-order valence-corrected chi connectivity index (χ3v) is 3.15. The van der Waals surface area contributed by atoms with Crippen molar-refractivity contribution in [2.24, 2.45) is 0 Å². The molecule has 2 rings (SSSR count). The Morgan fingerprint density at radius 3 is 2.83 bits per heavy atom. The fourth-order valence-electron chi connectivity index (χ4n) is 1.48. The summed E-state index contributed by atoms with van der Waals surface area (Å²) in [7, 11) is 0.